The van der Waals surface area contributed by atoms with E-state index in [4.69, 9.17) is 5.11 Å². The van der Waals surface area contributed by atoms with Gasteiger partial charge >= 0.3 is 0 Å². The highest BCUT2D eigenvalue weighted by atomic mass is 16.3. The molecule has 0 saturated carbocycles. The minimum absolute atomic E-state index is 0.00240. The second kappa shape index (κ2) is 7.07. The van der Waals surface area contributed by atoms with E-state index in [1.807, 2.05) is 49.1 Å². The SMILES string of the molecule is CC(C)C(=O)N(CCCO)Cc1ccccc1. The Morgan fingerprint density at radius 2 is 1.94 bits per heavy atom. The van der Waals surface area contributed by atoms with Crippen molar-refractivity contribution in [3.8, 4) is 0 Å². The largest absolute Gasteiger partial charge is 0.396 e. The third-order valence-electron chi connectivity index (χ3n) is 2.61. The van der Waals surface area contributed by atoms with Crippen molar-refractivity contribution in [3.05, 3.63) is 35.9 Å². The fourth-order valence-corrected chi connectivity index (χ4v) is 1.70. The molecule has 0 atom stereocenters. The predicted molar refractivity (Wildman–Crippen MR) is 68.4 cm³/mol. The van der Waals surface area contributed by atoms with Gasteiger partial charge in [0, 0.05) is 25.6 Å². The molecule has 1 N–H and O–H groups in total. The highest BCUT2D eigenvalue weighted by Gasteiger charge is 2.16. The van der Waals surface area contributed by atoms with Gasteiger partial charge in [-0.2, -0.15) is 0 Å². The standard InChI is InChI=1S/C14H21NO2/c1-12(2)14(17)15(9-6-10-16)11-13-7-4-3-5-8-13/h3-5,7-8,12,16H,6,9-11H2,1-2H3. The number of amides is 1. The van der Waals surface area contributed by atoms with Gasteiger partial charge in [-0.15, -0.1) is 0 Å². The molecule has 3 heteroatoms. The van der Waals surface area contributed by atoms with Crippen molar-refractivity contribution in [2.45, 2.75) is 26.8 Å². The molecule has 1 amide bonds. The lowest BCUT2D eigenvalue weighted by molar-refractivity contribution is -0.135. The van der Waals surface area contributed by atoms with Crippen LogP contribution in [0.4, 0.5) is 0 Å². The first-order valence-electron chi connectivity index (χ1n) is 6.08. The Kier molecular flexibility index (Phi) is 5.70. The van der Waals surface area contributed by atoms with Crippen LogP contribution in [0.1, 0.15) is 25.8 Å². The highest BCUT2D eigenvalue weighted by Crippen LogP contribution is 2.09. The normalized spacial score (nSPS) is 10.6. The van der Waals surface area contributed by atoms with Crippen LogP contribution in [-0.2, 0) is 11.3 Å². The monoisotopic (exact) mass is 235 g/mol. The first kappa shape index (κ1) is 13.7. The van der Waals surface area contributed by atoms with Crippen molar-refractivity contribution in [1.82, 2.24) is 4.90 Å². The Labute approximate surface area is 103 Å². The molecule has 1 aromatic carbocycles. The van der Waals surface area contributed by atoms with Gasteiger partial charge in [0.1, 0.15) is 0 Å². The molecule has 0 bridgehead atoms. The number of hydrogen-bond acceptors (Lipinski definition) is 2. The first-order valence-corrected chi connectivity index (χ1v) is 6.08. The van der Waals surface area contributed by atoms with Crippen molar-refractivity contribution in [2.24, 2.45) is 5.92 Å². The minimum Gasteiger partial charge on any atom is -0.396 e. The van der Waals surface area contributed by atoms with Gasteiger partial charge in [-0.05, 0) is 12.0 Å². The van der Waals surface area contributed by atoms with Crippen LogP contribution in [0.2, 0.25) is 0 Å². The molecule has 0 aliphatic carbocycles. The maximum atomic E-state index is 12.0. The van der Waals surface area contributed by atoms with Gasteiger partial charge in [0.25, 0.3) is 0 Å². The molecule has 17 heavy (non-hydrogen) atoms. The fourth-order valence-electron chi connectivity index (χ4n) is 1.70. The predicted octanol–water partition coefficient (Wildman–Crippen LogP) is 2.05. The molecule has 3 nitrogen and oxygen atoms in total. The summed E-state index contributed by atoms with van der Waals surface area (Å²) in [5.74, 6) is 0.139. The Bertz CT molecular complexity index is 335. The molecular weight excluding hydrogens is 214 g/mol. The molecule has 0 radical (unpaired) electrons. The van der Waals surface area contributed by atoms with Crippen LogP contribution < -0.4 is 0 Å². The first-order chi connectivity index (χ1) is 8.15. The van der Waals surface area contributed by atoms with Gasteiger partial charge in [0.05, 0.1) is 0 Å². The summed E-state index contributed by atoms with van der Waals surface area (Å²) in [6, 6.07) is 9.93. The van der Waals surface area contributed by atoms with Crippen LogP contribution >= 0.6 is 0 Å². The average molecular weight is 235 g/mol. The number of carbonyl (C=O) groups excluding carboxylic acids is 1. The van der Waals surface area contributed by atoms with Crippen molar-refractivity contribution in [1.29, 1.82) is 0 Å². The van der Waals surface area contributed by atoms with E-state index < -0.39 is 0 Å². The molecule has 0 fully saturated rings. The molecular formula is C14H21NO2. The van der Waals surface area contributed by atoms with E-state index in [-0.39, 0.29) is 18.4 Å². The van der Waals surface area contributed by atoms with E-state index in [9.17, 15) is 4.79 Å². The number of benzene rings is 1. The molecule has 0 aromatic heterocycles. The lowest BCUT2D eigenvalue weighted by Gasteiger charge is -2.24. The summed E-state index contributed by atoms with van der Waals surface area (Å²) in [6.07, 6.45) is 0.630. The average Bonchev–Trinajstić information content (AvgIpc) is 2.34. The van der Waals surface area contributed by atoms with Gasteiger partial charge < -0.3 is 10.0 Å². The second-order valence-corrected chi connectivity index (χ2v) is 4.48. The molecule has 1 aromatic rings. The van der Waals surface area contributed by atoms with Gasteiger partial charge in [-0.3, -0.25) is 4.79 Å². The molecule has 0 aliphatic heterocycles. The van der Waals surface area contributed by atoms with Crippen molar-refractivity contribution in [3.63, 3.8) is 0 Å². The number of aliphatic hydroxyl groups excluding tert-OH is 1. The van der Waals surface area contributed by atoms with Crippen LogP contribution in [0.25, 0.3) is 0 Å². The lowest BCUT2D eigenvalue weighted by atomic mass is 10.1. The third kappa shape index (κ3) is 4.57. The molecule has 1 rings (SSSR count). The number of hydrogen-bond donors (Lipinski definition) is 1. The van der Waals surface area contributed by atoms with Crippen LogP contribution in [0.15, 0.2) is 30.3 Å². The Hall–Kier alpha value is -1.35. The van der Waals surface area contributed by atoms with Crippen molar-refractivity contribution < 1.29 is 9.90 Å². The third-order valence-corrected chi connectivity index (χ3v) is 2.61. The number of carbonyl (C=O) groups is 1. The van der Waals surface area contributed by atoms with E-state index in [0.717, 1.165) is 5.56 Å². The maximum Gasteiger partial charge on any atom is 0.225 e. The highest BCUT2D eigenvalue weighted by molar-refractivity contribution is 5.78. The van der Waals surface area contributed by atoms with Gasteiger partial charge in [0.15, 0.2) is 0 Å². The van der Waals surface area contributed by atoms with Gasteiger partial charge in [-0.1, -0.05) is 44.2 Å². The lowest BCUT2D eigenvalue weighted by Crippen LogP contribution is -2.35. The van der Waals surface area contributed by atoms with Crippen molar-refractivity contribution >= 4 is 5.91 Å². The van der Waals surface area contributed by atoms with E-state index in [2.05, 4.69) is 0 Å². The summed E-state index contributed by atoms with van der Waals surface area (Å²) in [7, 11) is 0. The summed E-state index contributed by atoms with van der Waals surface area (Å²) in [6.45, 7) is 5.16. The summed E-state index contributed by atoms with van der Waals surface area (Å²) >= 11 is 0. The zero-order valence-corrected chi connectivity index (χ0v) is 10.6. The molecule has 0 heterocycles. The summed E-state index contributed by atoms with van der Waals surface area (Å²) in [4.78, 5) is 13.8. The van der Waals surface area contributed by atoms with Gasteiger partial charge in [-0.25, -0.2) is 0 Å². The number of rotatable bonds is 6. The van der Waals surface area contributed by atoms with E-state index in [1.54, 1.807) is 0 Å². The summed E-state index contributed by atoms with van der Waals surface area (Å²) < 4.78 is 0. The Morgan fingerprint density at radius 3 is 2.47 bits per heavy atom. The molecule has 0 saturated heterocycles. The number of nitrogens with zero attached hydrogens (tertiary/aromatic N) is 1. The quantitative estimate of drug-likeness (QED) is 0.820. The Balaban J connectivity index is 2.66. The van der Waals surface area contributed by atoms with Crippen molar-refractivity contribution in [2.75, 3.05) is 13.2 Å². The van der Waals surface area contributed by atoms with Crippen LogP contribution in [0, 0.1) is 5.92 Å². The summed E-state index contributed by atoms with van der Waals surface area (Å²) in [5.41, 5.74) is 1.12. The van der Waals surface area contributed by atoms with E-state index in [0.29, 0.717) is 19.5 Å². The smallest absolute Gasteiger partial charge is 0.225 e. The minimum atomic E-state index is -0.00240. The van der Waals surface area contributed by atoms with Gasteiger partial charge in [0.2, 0.25) is 5.91 Å². The zero-order valence-electron chi connectivity index (χ0n) is 10.6. The van der Waals surface area contributed by atoms with Crippen LogP contribution in [-0.4, -0.2) is 29.1 Å². The molecule has 0 unspecified atom stereocenters. The fraction of sp³-hybridized carbons (Fsp3) is 0.500. The topological polar surface area (TPSA) is 40.5 Å². The van der Waals surface area contributed by atoms with Crippen LogP contribution in [0.3, 0.4) is 0 Å². The second-order valence-electron chi connectivity index (χ2n) is 4.48. The molecule has 0 aliphatic rings. The van der Waals surface area contributed by atoms with E-state index in [1.165, 1.54) is 0 Å². The zero-order chi connectivity index (χ0) is 12.7. The molecule has 0 spiro atoms. The van der Waals surface area contributed by atoms with Crippen LogP contribution in [0.5, 0.6) is 0 Å². The summed E-state index contributed by atoms with van der Waals surface area (Å²) in [5, 5.41) is 8.86. The Morgan fingerprint density at radius 1 is 1.29 bits per heavy atom. The van der Waals surface area contributed by atoms with E-state index >= 15 is 0 Å². The molecule has 94 valence electrons. The maximum absolute atomic E-state index is 12.0. The number of aliphatic hydroxyl groups is 1.